The third-order valence-corrected chi connectivity index (χ3v) is 1.81. The zero-order chi connectivity index (χ0) is 7.07. The second kappa shape index (κ2) is 3.07. The average molecular weight is 166 g/mol. The van der Waals surface area contributed by atoms with Crippen LogP contribution in [0.25, 0.3) is 0 Å². The first kappa shape index (κ1) is 10.2. The molecule has 3 heteroatoms. The highest BCUT2D eigenvalue weighted by Gasteiger charge is 2.32. The standard InChI is InChI=1S/C7H15NO.ClH/c1-7(2,3)8-4-6(9)5-8;/h6,9H,4-5H2,1-3H3;1H. The molecule has 0 aromatic heterocycles. The topological polar surface area (TPSA) is 23.5 Å². The summed E-state index contributed by atoms with van der Waals surface area (Å²) >= 11 is 0. The Bertz CT molecular complexity index is 105. The molecule has 0 saturated carbocycles. The quantitative estimate of drug-likeness (QED) is 0.576. The second-order valence-electron chi connectivity index (χ2n) is 3.73. The van der Waals surface area contributed by atoms with Gasteiger partial charge in [0.15, 0.2) is 0 Å². The van der Waals surface area contributed by atoms with Crippen LogP contribution in [-0.2, 0) is 0 Å². The van der Waals surface area contributed by atoms with Crippen molar-refractivity contribution in [3.05, 3.63) is 0 Å². The van der Waals surface area contributed by atoms with Crippen LogP contribution < -0.4 is 0 Å². The summed E-state index contributed by atoms with van der Waals surface area (Å²) in [7, 11) is 0. The van der Waals surface area contributed by atoms with Crippen LogP contribution in [-0.4, -0.2) is 34.7 Å². The highest BCUT2D eigenvalue weighted by atomic mass is 35.5. The highest BCUT2D eigenvalue weighted by Crippen LogP contribution is 2.20. The van der Waals surface area contributed by atoms with Crippen LogP contribution in [0.5, 0.6) is 0 Å². The minimum absolute atomic E-state index is 0. The predicted octanol–water partition coefficient (Wildman–Crippen LogP) is 0.883. The van der Waals surface area contributed by atoms with Crippen LogP contribution in [0.1, 0.15) is 20.8 Å². The maximum Gasteiger partial charge on any atom is 0.0794 e. The molecule has 62 valence electrons. The average Bonchev–Trinajstić information content (AvgIpc) is 1.55. The van der Waals surface area contributed by atoms with Crippen molar-refractivity contribution in [1.29, 1.82) is 0 Å². The summed E-state index contributed by atoms with van der Waals surface area (Å²) in [5.74, 6) is 0. The van der Waals surface area contributed by atoms with Gasteiger partial charge in [0.2, 0.25) is 0 Å². The molecule has 0 aromatic rings. The molecule has 1 aliphatic rings. The highest BCUT2D eigenvalue weighted by molar-refractivity contribution is 5.85. The molecule has 10 heavy (non-hydrogen) atoms. The lowest BCUT2D eigenvalue weighted by molar-refractivity contribution is -0.0485. The summed E-state index contributed by atoms with van der Waals surface area (Å²) in [5.41, 5.74) is 0.249. The van der Waals surface area contributed by atoms with Gasteiger partial charge in [-0.05, 0) is 20.8 Å². The Hall–Kier alpha value is 0.210. The van der Waals surface area contributed by atoms with Gasteiger partial charge in [0.05, 0.1) is 6.10 Å². The zero-order valence-electron chi connectivity index (χ0n) is 6.79. The molecule has 0 aromatic carbocycles. The van der Waals surface area contributed by atoms with Crippen LogP contribution in [0.4, 0.5) is 0 Å². The number of nitrogens with zero attached hydrogens (tertiary/aromatic N) is 1. The third-order valence-electron chi connectivity index (χ3n) is 1.81. The number of aliphatic hydroxyl groups is 1. The van der Waals surface area contributed by atoms with E-state index < -0.39 is 0 Å². The van der Waals surface area contributed by atoms with Gasteiger partial charge >= 0.3 is 0 Å². The number of aliphatic hydroxyl groups excluding tert-OH is 1. The van der Waals surface area contributed by atoms with Gasteiger partial charge in [-0.1, -0.05) is 0 Å². The Morgan fingerprint density at radius 1 is 1.30 bits per heavy atom. The first-order valence-electron chi connectivity index (χ1n) is 3.43. The van der Waals surface area contributed by atoms with E-state index in [9.17, 15) is 0 Å². The third kappa shape index (κ3) is 2.11. The summed E-state index contributed by atoms with van der Waals surface area (Å²) in [5, 5.41) is 8.94. The van der Waals surface area contributed by atoms with Crippen molar-refractivity contribution < 1.29 is 5.11 Å². The van der Waals surface area contributed by atoms with E-state index >= 15 is 0 Å². The SMILES string of the molecule is CC(C)(C)N1CC(O)C1.Cl. The predicted molar refractivity (Wildman–Crippen MR) is 44.6 cm³/mol. The Kier molecular flexibility index (Phi) is 3.14. The van der Waals surface area contributed by atoms with E-state index in [1.807, 2.05) is 0 Å². The fourth-order valence-corrected chi connectivity index (χ4v) is 1.00. The number of hydrogen-bond acceptors (Lipinski definition) is 2. The lowest BCUT2D eigenvalue weighted by Gasteiger charge is -2.45. The number of likely N-dealkylation sites (tertiary alicyclic amines) is 1. The summed E-state index contributed by atoms with van der Waals surface area (Å²) < 4.78 is 0. The van der Waals surface area contributed by atoms with Gasteiger partial charge in [0.25, 0.3) is 0 Å². The van der Waals surface area contributed by atoms with E-state index in [-0.39, 0.29) is 24.0 Å². The fourth-order valence-electron chi connectivity index (χ4n) is 1.00. The molecule has 0 unspecified atom stereocenters. The second-order valence-corrected chi connectivity index (χ2v) is 3.73. The van der Waals surface area contributed by atoms with Crippen LogP contribution >= 0.6 is 12.4 Å². The maximum absolute atomic E-state index is 8.94. The number of halogens is 1. The Morgan fingerprint density at radius 2 is 1.70 bits per heavy atom. The van der Waals surface area contributed by atoms with Crippen molar-refractivity contribution >= 4 is 12.4 Å². The number of rotatable bonds is 0. The summed E-state index contributed by atoms with van der Waals surface area (Å²) in [6.45, 7) is 8.20. The van der Waals surface area contributed by atoms with Gasteiger partial charge in [-0.2, -0.15) is 0 Å². The molecule has 2 nitrogen and oxygen atoms in total. The van der Waals surface area contributed by atoms with Crippen LogP contribution in [0.15, 0.2) is 0 Å². The van der Waals surface area contributed by atoms with Crippen LogP contribution in [0.2, 0.25) is 0 Å². The van der Waals surface area contributed by atoms with Gasteiger partial charge in [0, 0.05) is 18.6 Å². The summed E-state index contributed by atoms with van der Waals surface area (Å²) in [6.07, 6.45) is -0.0655. The van der Waals surface area contributed by atoms with Gasteiger partial charge in [-0.3, -0.25) is 4.90 Å². The molecular weight excluding hydrogens is 150 g/mol. The number of hydrogen-bond donors (Lipinski definition) is 1. The molecule has 1 N–H and O–H groups in total. The lowest BCUT2D eigenvalue weighted by atomic mass is 9.99. The van der Waals surface area contributed by atoms with E-state index in [0.29, 0.717) is 0 Å². The molecule has 1 saturated heterocycles. The molecule has 0 bridgehead atoms. The Morgan fingerprint density at radius 3 is 1.80 bits per heavy atom. The molecule has 0 radical (unpaired) electrons. The largest absolute Gasteiger partial charge is 0.390 e. The first-order chi connectivity index (χ1) is 4.00. The summed E-state index contributed by atoms with van der Waals surface area (Å²) in [6, 6.07) is 0. The van der Waals surface area contributed by atoms with Crippen molar-refractivity contribution in [2.45, 2.75) is 32.4 Å². The van der Waals surface area contributed by atoms with Gasteiger partial charge < -0.3 is 5.11 Å². The van der Waals surface area contributed by atoms with Crippen molar-refractivity contribution in [2.24, 2.45) is 0 Å². The molecule has 1 fully saturated rings. The lowest BCUT2D eigenvalue weighted by Crippen LogP contribution is -2.58. The molecule has 0 atom stereocenters. The van der Waals surface area contributed by atoms with Gasteiger partial charge in [0.1, 0.15) is 0 Å². The first-order valence-corrected chi connectivity index (χ1v) is 3.43. The van der Waals surface area contributed by atoms with Crippen molar-refractivity contribution in [3.63, 3.8) is 0 Å². The molecule has 0 amide bonds. The molecule has 0 aliphatic carbocycles. The Labute approximate surface area is 68.6 Å². The molecule has 1 rings (SSSR count). The van der Waals surface area contributed by atoms with Crippen molar-refractivity contribution in [2.75, 3.05) is 13.1 Å². The molecule has 0 spiro atoms. The Balaban J connectivity index is 0.000000810. The van der Waals surface area contributed by atoms with Gasteiger partial charge in [-0.15, -0.1) is 12.4 Å². The monoisotopic (exact) mass is 165 g/mol. The van der Waals surface area contributed by atoms with E-state index in [4.69, 9.17) is 5.11 Å². The molecule has 1 aliphatic heterocycles. The van der Waals surface area contributed by atoms with E-state index in [0.717, 1.165) is 13.1 Å². The van der Waals surface area contributed by atoms with E-state index in [1.54, 1.807) is 0 Å². The molecular formula is C7H16ClNO. The zero-order valence-corrected chi connectivity index (χ0v) is 7.61. The van der Waals surface area contributed by atoms with Crippen molar-refractivity contribution in [1.82, 2.24) is 4.90 Å². The van der Waals surface area contributed by atoms with E-state index in [1.165, 1.54) is 0 Å². The normalized spacial score (nSPS) is 21.6. The molecule has 1 heterocycles. The van der Waals surface area contributed by atoms with Crippen LogP contribution in [0.3, 0.4) is 0 Å². The van der Waals surface area contributed by atoms with Crippen LogP contribution in [0, 0.1) is 0 Å². The smallest absolute Gasteiger partial charge is 0.0794 e. The maximum atomic E-state index is 8.94. The minimum Gasteiger partial charge on any atom is -0.390 e. The fraction of sp³-hybridized carbons (Fsp3) is 1.00. The van der Waals surface area contributed by atoms with Crippen molar-refractivity contribution in [3.8, 4) is 0 Å². The number of β-amino-alcohol motifs (C(OH)–C–C–N with tert-alkyl or cyclic N) is 1. The van der Waals surface area contributed by atoms with E-state index in [2.05, 4.69) is 25.7 Å². The summed E-state index contributed by atoms with van der Waals surface area (Å²) in [4.78, 5) is 2.26. The minimum atomic E-state index is -0.0655. The van der Waals surface area contributed by atoms with Gasteiger partial charge in [-0.25, -0.2) is 0 Å².